The van der Waals surface area contributed by atoms with Crippen LogP contribution in [0.5, 0.6) is 5.75 Å². The van der Waals surface area contributed by atoms with Gasteiger partial charge in [-0.05, 0) is 25.1 Å². The molecule has 0 atom stereocenters. The summed E-state index contributed by atoms with van der Waals surface area (Å²) in [5, 5.41) is 8.88. The highest BCUT2D eigenvalue weighted by Crippen LogP contribution is 2.14. The summed E-state index contributed by atoms with van der Waals surface area (Å²) in [5.74, 6) is 0.795. The summed E-state index contributed by atoms with van der Waals surface area (Å²) in [5.41, 5.74) is 2.41. The lowest BCUT2D eigenvalue weighted by Crippen LogP contribution is -1.99. The van der Waals surface area contributed by atoms with Crippen molar-refractivity contribution in [3.8, 4) is 11.8 Å². The van der Waals surface area contributed by atoms with Crippen LogP contribution < -0.4 is 4.74 Å². The van der Waals surface area contributed by atoms with Gasteiger partial charge in [0, 0.05) is 11.8 Å². The lowest BCUT2D eigenvalue weighted by atomic mass is 10.2. The highest BCUT2D eigenvalue weighted by molar-refractivity contribution is 5.31. The molecule has 0 saturated heterocycles. The second kappa shape index (κ2) is 5.13. The molecule has 1 aromatic heterocycles. The Bertz CT molecular complexity index is 541. The van der Waals surface area contributed by atoms with Crippen molar-refractivity contribution < 1.29 is 4.74 Å². The van der Waals surface area contributed by atoms with Crippen LogP contribution in [0, 0.1) is 18.3 Å². The molecule has 0 fully saturated rings. The van der Waals surface area contributed by atoms with Gasteiger partial charge in [-0.25, -0.2) is 4.98 Å². The maximum atomic E-state index is 8.88. The Morgan fingerprint density at radius 1 is 1.24 bits per heavy atom. The van der Waals surface area contributed by atoms with E-state index in [2.05, 4.69) is 4.98 Å². The second-order valence-electron chi connectivity index (χ2n) is 3.72. The first-order valence-electron chi connectivity index (χ1n) is 5.33. The van der Waals surface area contributed by atoms with Gasteiger partial charge in [0.2, 0.25) is 0 Å². The van der Waals surface area contributed by atoms with E-state index in [-0.39, 0.29) is 0 Å². The average molecular weight is 224 g/mol. The van der Waals surface area contributed by atoms with E-state index in [0.717, 1.165) is 11.3 Å². The van der Waals surface area contributed by atoms with Crippen molar-refractivity contribution in [2.24, 2.45) is 0 Å². The van der Waals surface area contributed by atoms with Crippen molar-refractivity contribution in [2.45, 2.75) is 13.5 Å². The Balaban J connectivity index is 2.08. The predicted molar refractivity (Wildman–Crippen MR) is 64.5 cm³/mol. The van der Waals surface area contributed by atoms with Gasteiger partial charge in [0.1, 0.15) is 24.1 Å². The molecule has 17 heavy (non-hydrogen) atoms. The van der Waals surface area contributed by atoms with Gasteiger partial charge >= 0.3 is 0 Å². The smallest absolute Gasteiger partial charge is 0.147 e. The molecule has 0 amide bonds. The fraction of sp³-hybridized carbons (Fsp3) is 0.143. The number of aromatic nitrogens is 1. The minimum absolute atomic E-state index is 0.361. The molecule has 84 valence electrons. The van der Waals surface area contributed by atoms with Crippen LogP contribution >= 0.6 is 0 Å². The zero-order chi connectivity index (χ0) is 12.1. The first-order chi connectivity index (χ1) is 8.29. The lowest BCUT2D eigenvalue weighted by molar-refractivity contribution is 0.305. The van der Waals surface area contributed by atoms with E-state index in [4.69, 9.17) is 10.00 Å². The molecule has 0 bridgehead atoms. The Morgan fingerprint density at radius 3 is 2.71 bits per heavy atom. The van der Waals surface area contributed by atoms with Gasteiger partial charge in [-0.2, -0.15) is 5.26 Å². The number of hydrogen-bond acceptors (Lipinski definition) is 3. The fourth-order valence-electron chi connectivity index (χ4n) is 1.45. The Kier molecular flexibility index (Phi) is 3.37. The topological polar surface area (TPSA) is 45.9 Å². The molecule has 3 heteroatoms. The van der Waals surface area contributed by atoms with E-state index in [1.807, 2.05) is 43.3 Å². The van der Waals surface area contributed by atoms with Crippen LogP contribution in [0.3, 0.4) is 0 Å². The molecular weight excluding hydrogens is 212 g/mol. The molecule has 0 aliphatic carbocycles. The van der Waals surface area contributed by atoms with Crippen molar-refractivity contribution in [3.05, 3.63) is 59.4 Å². The van der Waals surface area contributed by atoms with Gasteiger partial charge in [-0.1, -0.05) is 23.8 Å². The summed E-state index contributed by atoms with van der Waals surface area (Å²) in [6, 6.07) is 13.5. The van der Waals surface area contributed by atoms with E-state index in [9.17, 15) is 0 Å². The van der Waals surface area contributed by atoms with Crippen LogP contribution in [0.4, 0.5) is 0 Å². The third kappa shape index (κ3) is 2.82. The summed E-state index contributed by atoms with van der Waals surface area (Å²) in [6.07, 6.45) is 1.61. The van der Waals surface area contributed by atoms with E-state index < -0.39 is 0 Å². The van der Waals surface area contributed by atoms with Gasteiger partial charge in [0.15, 0.2) is 0 Å². The van der Waals surface area contributed by atoms with Gasteiger partial charge < -0.3 is 4.74 Å². The van der Waals surface area contributed by atoms with Gasteiger partial charge in [0.05, 0.1) is 0 Å². The van der Waals surface area contributed by atoms with Crippen LogP contribution in [0.15, 0.2) is 42.6 Å². The number of rotatable bonds is 3. The zero-order valence-corrected chi connectivity index (χ0v) is 9.55. The summed E-state index contributed by atoms with van der Waals surface area (Å²) in [6.45, 7) is 2.39. The molecule has 1 heterocycles. The largest absolute Gasteiger partial charge is 0.489 e. The molecule has 0 radical (unpaired) electrons. The van der Waals surface area contributed by atoms with Gasteiger partial charge in [-0.15, -0.1) is 0 Å². The first-order valence-corrected chi connectivity index (χ1v) is 5.33. The number of nitrogens with zero attached hydrogens (tertiary/aromatic N) is 2. The van der Waals surface area contributed by atoms with E-state index >= 15 is 0 Å². The Labute approximate surface area is 100 Å². The van der Waals surface area contributed by atoms with Crippen LogP contribution in [-0.4, -0.2) is 4.98 Å². The maximum Gasteiger partial charge on any atom is 0.147 e. The Hall–Kier alpha value is -2.34. The highest BCUT2D eigenvalue weighted by atomic mass is 16.5. The Morgan fingerprint density at radius 2 is 2.00 bits per heavy atom. The minimum atomic E-state index is 0.361. The van der Waals surface area contributed by atoms with Crippen molar-refractivity contribution in [1.29, 1.82) is 5.26 Å². The van der Waals surface area contributed by atoms with E-state index in [1.165, 1.54) is 5.56 Å². The summed E-state index contributed by atoms with van der Waals surface area (Å²) in [4.78, 5) is 3.98. The molecule has 2 rings (SSSR count). The van der Waals surface area contributed by atoms with Crippen LogP contribution in [0.2, 0.25) is 0 Å². The SMILES string of the molecule is Cc1ccc(OCc2cccnc2C#N)cc1. The zero-order valence-electron chi connectivity index (χ0n) is 9.55. The summed E-state index contributed by atoms with van der Waals surface area (Å²) >= 11 is 0. The van der Waals surface area contributed by atoms with Crippen molar-refractivity contribution in [1.82, 2.24) is 4.98 Å². The molecule has 0 N–H and O–H groups in total. The third-order valence-corrected chi connectivity index (χ3v) is 2.41. The second-order valence-corrected chi connectivity index (χ2v) is 3.72. The van der Waals surface area contributed by atoms with Crippen molar-refractivity contribution in [3.63, 3.8) is 0 Å². The normalized spacial score (nSPS) is 9.65. The van der Waals surface area contributed by atoms with Crippen LogP contribution in [0.25, 0.3) is 0 Å². The van der Waals surface area contributed by atoms with E-state index in [1.54, 1.807) is 12.3 Å². The molecule has 0 aliphatic rings. The van der Waals surface area contributed by atoms with Crippen LogP contribution in [0.1, 0.15) is 16.8 Å². The molecule has 0 unspecified atom stereocenters. The highest BCUT2D eigenvalue weighted by Gasteiger charge is 2.02. The van der Waals surface area contributed by atoms with Crippen molar-refractivity contribution in [2.75, 3.05) is 0 Å². The number of benzene rings is 1. The van der Waals surface area contributed by atoms with Gasteiger partial charge in [0.25, 0.3) is 0 Å². The average Bonchev–Trinajstić information content (AvgIpc) is 2.38. The van der Waals surface area contributed by atoms with Crippen molar-refractivity contribution >= 4 is 0 Å². The number of aryl methyl sites for hydroxylation is 1. The molecule has 3 nitrogen and oxygen atoms in total. The fourth-order valence-corrected chi connectivity index (χ4v) is 1.45. The van der Waals surface area contributed by atoms with E-state index in [0.29, 0.717) is 12.3 Å². The molecule has 0 aliphatic heterocycles. The number of pyridine rings is 1. The van der Waals surface area contributed by atoms with Crippen LogP contribution in [-0.2, 0) is 6.61 Å². The number of ether oxygens (including phenoxy) is 1. The number of hydrogen-bond donors (Lipinski definition) is 0. The van der Waals surface area contributed by atoms with Gasteiger partial charge in [-0.3, -0.25) is 0 Å². The monoisotopic (exact) mass is 224 g/mol. The molecule has 2 aromatic rings. The molecule has 0 spiro atoms. The summed E-state index contributed by atoms with van der Waals surface area (Å²) < 4.78 is 5.60. The quantitative estimate of drug-likeness (QED) is 0.805. The third-order valence-electron chi connectivity index (χ3n) is 2.41. The maximum absolute atomic E-state index is 8.88. The molecule has 0 saturated carbocycles. The molecular formula is C14H12N2O. The predicted octanol–water partition coefficient (Wildman–Crippen LogP) is 2.84. The standard InChI is InChI=1S/C14H12N2O/c1-11-4-6-13(7-5-11)17-10-12-3-2-8-16-14(12)9-15/h2-8H,10H2,1H3. The first kappa shape index (κ1) is 11.2. The summed E-state index contributed by atoms with van der Waals surface area (Å²) in [7, 11) is 0. The molecule has 1 aromatic carbocycles. The minimum Gasteiger partial charge on any atom is -0.489 e. The lowest BCUT2D eigenvalue weighted by Gasteiger charge is -2.07. The number of nitriles is 1.